The maximum Gasteiger partial charge on any atom is 0.257 e. The van der Waals surface area contributed by atoms with Crippen LogP contribution >= 0.6 is 0 Å². The van der Waals surface area contributed by atoms with Gasteiger partial charge in [-0.05, 0) is 43.3 Å². The first-order valence-corrected chi connectivity index (χ1v) is 8.49. The molecule has 1 atom stereocenters. The minimum Gasteiger partial charge on any atom is -0.494 e. The van der Waals surface area contributed by atoms with E-state index >= 15 is 0 Å². The van der Waals surface area contributed by atoms with Crippen LogP contribution in [0.5, 0.6) is 5.75 Å². The van der Waals surface area contributed by atoms with Crippen LogP contribution in [-0.4, -0.2) is 37.0 Å². The normalized spacial score (nSPS) is 14.8. The highest BCUT2D eigenvalue weighted by Crippen LogP contribution is 2.29. The Morgan fingerprint density at radius 3 is 2.69 bits per heavy atom. The Bertz CT molecular complexity index is 791. The van der Waals surface area contributed by atoms with E-state index in [1.165, 1.54) is 13.3 Å². The van der Waals surface area contributed by atoms with Gasteiger partial charge in [0.2, 0.25) is 5.91 Å². The maximum absolute atomic E-state index is 12.3. The number of benzene rings is 1. The second-order valence-electron chi connectivity index (χ2n) is 6.31. The summed E-state index contributed by atoms with van der Waals surface area (Å²) in [6.07, 6.45) is 3.10. The van der Waals surface area contributed by atoms with Crippen molar-refractivity contribution >= 4 is 23.2 Å². The van der Waals surface area contributed by atoms with Gasteiger partial charge in [0.1, 0.15) is 5.75 Å². The molecule has 1 aromatic heterocycles. The van der Waals surface area contributed by atoms with Crippen LogP contribution in [0.25, 0.3) is 0 Å². The molecule has 7 nitrogen and oxygen atoms in total. The third kappa shape index (κ3) is 4.00. The molecule has 1 fully saturated rings. The van der Waals surface area contributed by atoms with Gasteiger partial charge in [-0.3, -0.25) is 14.6 Å². The summed E-state index contributed by atoms with van der Waals surface area (Å²) in [4.78, 5) is 28.5. The van der Waals surface area contributed by atoms with Crippen LogP contribution in [0.1, 0.15) is 17.3 Å². The van der Waals surface area contributed by atoms with Crippen molar-refractivity contribution in [1.29, 1.82) is 0 Å². The molecule has 1 aliphatic heterocycles. The fourth-order valence-corrected chi connectivity index (χ4v) is 2.70. The number of carbonyl (C=O) groups excluding carboxylic acids is 2. The van der Waals surface area contributed by atoms with Gasteiger partial charge in [-0.25, -0.2) is 0 Å². The van der Waals surface area contributed by atoms with Crippen molar-refractivity contribution < 1.29 is 14.3 Å². The van der Waals surface area contributed by atoms with Crippen molar-refractivity contribution in [2.24, 2.45) is 11.8 Å². The molecule has 2 heterocycles. The van der Waals surface area contributed by atoms with Crippen LogP contribution in [-0.2, 0) is 4.79 Å². The number of pyridine rings is 1. The molecule has 2 amide bonds. The lowest BCUT2D eigenvalue weighted by Crippen LogP contribution is -2.48. The number of nitrogens with one attached hydrogen (secondary N) is 3. The van der Waals surface area contributed by atoms with E-state index in [1.807, 2.05) is 6.92 Å². The topological polar surface area (TPSA) is 92.4 Å². The Morgan fingerprint density at radius 1 is 1.27 bits per heavy atom. The van der Waals surface area contributed by atoms with E-state index in [0.29, 0.717) is 28.6 Å². The molecule has 0 radical (unpaired) electrons. The molecule has 1 saturated heterocycles. The molecule has 7 heteroatoms. The van der Waals surface area contributed by atoms with E-state index in [4.69, 9.17) is 4.74 Å². The quantitative estimate of drug-likeness (QED) is 0.739. The predicted octanol–water partition coefficient (Wildman–Crippen LogP) is 2.14. The number of anilines is 2. The summed E-state index contributed by atoms with van der Waals surface area (Å²) in [6.45, 7) is 3.68. The van der Waals surface area contributed by atoms with Crippen molar-refractivity contribution in [3.8, 4) is 5.75 Å². The summed E-state index contributed by atoms with van der Waals surface area (Å²) >= 11 is 0. The molecule has 26 heavy (non-hydrogen) atoms. The third-order valence-electron chi connectivity index (χ3n) is 4.57. The molecule has 1 aromatic carbocycles. The van der Waals surface area contributed by atoms with Crippen LogP contribution < -0.4 is 20.7 Å². The summed E-state index contributed by atoms with van der Waals surface area (Å²) < 4.78 is 5.35. The van der Waals surface area contributed by atoms with E-state index in [0.717, 1.165) is 13.1 Å². The van der Waals surface area contributed by atoms with E-state index in [1.54, 1.807) is 36.5 Å². The number of hydrogen-bond donors (Lipinski definition) is 3. The Kier molecular flexibility index (Phi) is 5.48. The molecule has 1 unspecified atom stereocenters. The summed E-state index contributed by atoms with van der Waals surface area (Å²) in [7, 11) is 1.52. The van der Waals surface area contributed by atoms with Gasteiger partial charge in [0.05, 0.1) is 18.4 Å². The van der Waals surface area contributed by atoms with Crippen molar-refractivity contribution in [2.75, 3.05) is 30.8 Å². The highest BCUT2D eigenvalue weighted by molar-refractivity contribution is 6.05. The molecule has 0 spiro atoms. The van der Waals surface area contributed by atoms with E-state index in [2.05, 4.69) is 20.9 Å². The second-order valence-corrected chi connectivity index (χ2v) is 6.31. The van der Waals surface area contributed by atoms with Crippen molar-refractivity contribution in [2.45, 2.75) is 6.92 Å². The molecule has 2 aromatic rings. The lowest BCUT2D eigenvalue weighted by atomic mass is 9.88. The monoisotopic (exact) mass is 354 g/mol. The zero-order chi connectivity index (χ0) is 18.5. The Labute approximate surface area is 152 Å². The molecule has 0 bridgehead atoms. The zero-order valence-electron chi connectivity index (χ0n) is 14.8. The first-order valence-electron chi connectivity index (χ1n) is 8.49. The van der Waals surface area contributed by atoms with Crippen LogP contribution in [0.15, 0.2) is 42.7 Å². The lowest BCUT2D eigenvalue weighted by molar-refractivity contribution is -0.121. The number of hydrogen-bond acceptors (Lipinski definition) is 5. The number of carbonyl (C=O) groups is 2. The molecule has 0 saturated carbocycles. The van der Waals surface area contributed by atoms with E-state index in [-0.39, 0.29) is 17.7 Å². The van der Waals surface area contributed by atoms with E-state index in [9.17, 15) is 9.59 Å². The fourth-order valence-electron chi connectivity index (χ4n) is 2.70. The minimum atomic E-state index is -0.278. The number of amides is 2. The van der Waals surface area contributed by atoms with Gasteiger partial charge in [-0.1, -0.05) is 6.92 Å². The Hall–Kier alpha value is -2.93. The van der Waals surface area contributed by atoms with Gasteiger partial charge in [0.15, 0.2) is 0 Å². The average molecular weight is 354 g/mol. The van der Waals surface area contributed by atoms with Gasteiger partial charge in [0, 0.05) is 30.1 Å². The standard InChI is InChI=1S/C19H22N4O3/c1-12(14-10-21-11-14)18(24)22-15-5-6-16(17(8-15)26-2)23-19(25)13-4-3-7-20-9-13/h3-9,12,14,21H,10-11H2,1-2H3,(H,22,24)(H,23,25). The molecular formula is C19H22N4O3. The van der Waals surface area contributed by atoms with Crippen molar-refractivity contribution in [1.82, 2.24) is 10.3 Å². The minimum absolute atomic E-state index is 0.0225. The number of methoxy groups -OCH3 is 1. The fraction of sp³-hybridized carbons (Fsp3) is 0.316. The van der Waals surface area contributed by atoms with Gasteiger partial charge >= 0.3 is 0 Å². The molecule has 1 aliphatic rings. The van der Waals surface area contributed by atoms with Crippen LogP contribution in [0.4, 0.5) is 11.4 Å². The summed E-state index contributed by atoms with van der Waals surface area (Å²) in [5, 5.41) is 8.87. The highest BCUT2D eigenvalue weighted by Gasteiger charge is 2.28. The SMILES string of the molecule is COc1cc(NC(=O)C(C)C2CNC2)ccc1NC(=O)c1cccnc1. The first-order chi connectivity index (χ1) is 12.6. The van der Waals surface area contributed by atoms with Gasteiger partial charge in [-0.2, -0.15) is 0 Å². The van der Waals surface area contributed by atoms with Crippen molar-refractivity contribution in [3.05, 3.63) is 48.3 Å². The Morgan fingerprint density at radius 2 is 2.08 bits per heavy atom. The highest BCUT2D eigenvalue weighted by atomic mass is 16.5. The van der Waals surface area contributed by atoms with Crippen molar-refractivity contribution in [3.63, 3.8) is 0 Å². The number of rotatable bonds is 6. The second kappa shape index (κ2) is 7.97. The molecule has 136 valence electrons. The largest absolute Gasteiger partial charge is 0.494 e. The molecule has 3 rings (SSSR count). The van der Waals surface area contributed by atoms with Gasteiger partial charge in [0.25, 0.3) is 5.91 Å². The summed E-state index contributed by atoms with van der Waals surface area (Å²) in [5.41, 5.74) is 1.61. The average Bonchev–Trinajstić information content (AvgIpc) is 2.62. The smallest absolute Gasteiger partial charge is 0.257 e. The van der Waals surface area contributed by atoms with E-state index < -0.39 is 0 Å². The summed E-state index contributed by atoms with van der Waals surface area (Å²) in [6, 6.07) is 8.52. The maximum atomic E-state index is 12.3. The van der Waals surface area contributed by atoms with Crippen LogP contribution in [0.3, 0.4) is 0 Å². The number of aromatic nitrogens is 1. The Balaban J connectivity index is 1.69. The zero-order valence-corrected chi connectivity index (χ0v) is 14.8. The summed E-state index contributed by atoms with van der Waals surface area (Å²) in [5.74, 6) is 0.477. The van der Waals surface area contributed by atoms with Gasteiger partial charge in [-0.15, -0.1) is 0 Å². The molecule has 3 N–H and O–H groups in total. The van der Waals surface area contributed by atoms with Gasteiger partial charge < -0.3 is 20.7 Å². The first kappa shape index (κ1) is 17.9. The lowest BCUT2D eigenvalue weighted by Gasteiger charge is -2.31. The molecule has 0 aliphatic carbocycles. The number of ether oxygens (including phenoxy) is 1. The van der Waals surface area contributed by atoms with Crippen LogP contribution in [0, 0.1) is 11.8 Å². The van der Waals surface area contributed by atoms with Crippen LogP contribution in [0.2, 0.25) is 0 Å². The number of nitrogens with zero attached hydrogens (tertiary/aromatic N) is 1. The predicted molar refractivity (Wildman–Crippen MR) is 99.3 cm³/mol. The molecular weight excluding hydrogens is 332 g/mol. The third-order valence-corrected chi connectivity index (χ3v) is 4.57.